The molecule has 1 saturated heterocycles. The molecule has 1 aliphatic heterocycles. The maximum Gasteiger partial charge on any atom is 0.283 e. The molecule has 0 aliphatic carbocycles. The molecule has 0 radical (unpaired) electrons. The van der Waals surface area contributed by atoms with Gasteiger partial charge in [-0.05, 0) is 62.2 Å². The van der Waals surface area contributed by atoms with E-state index in [1.54, 1.807) is 0 Å². The van der Waals surface area contributed by atoms with Crippen LogP contribution in [-0.4, -0.2) is 52.9 Å². The molecule has 0 saturated carbocycles. The Balaban J connectivity index is 1.46. The Hall–Kier alpha value is -3.44. The Bertz CT molecular complexity index is 1070. The molecule has 11 heteroatoms. The maximum atomic E-state index is 12.3. The third-order valence-electron chi connectivity index (χ3n) is 5.74. The fourth-order valence-electron chi connectivity index (χ4n) is 3.76. The van der Waals surface area contributed by atoms with Crippen molar-refractivity contribution in [3.05, 3.63) is 63.7 Å². The number of carbonyl (C=O) groups excluding carboxylic acids is 3. The first-order valence-electron chi connectivity index (χ1n) is 10.8. The average Bonchev–Trinajstić information content (AvgIpc) is 2.82. The smallest absolute Gasteiger partial charge is 0.283 e. The zero-order chi connectivity index (χ0) is 24.7. The van der Waals surface area contributed by atoms with Gasteiger partial charge in [-0.3, -0.25) is 24.5 Å². The van der Waals surface area contributed by atoms with Crippen LogP contribution in [0.4, 0.5) is 11.4 Å². The minimum Gasteiger partial charge on any atom is -0.369 e. The lowest BCUT2D eigenvalue weighted by atomic mass is 9.96. The van der Waals surface area contributed by atoms with E-state index >= 15 is 0 Å². The summed E-state index contributed by atoms with van der Waals surface area (Å²) in [6.45, 7) is 2.62. The summed E-state index contributed by atoms with van der Waals surface area (Å²) in [4.78, 5) is 48.1. The van der Waals surface area contributed by atoms with Crippen molar-refractivity contribution in [1.29, 1.82) is 0 Å². The van der Waals surface area contributed by atoms with E-state index in [4.69, 9.17) is 11.5 Å². The molecule has 5 N–H and O–H groups in total. The number of carbonyl (C=O) groups is 3. The van der Waals surface area contributed by atoms with Crippen molar-refractivity contribution in [3.8, 4) is 0 Å². The fourth-order valence-corrected chi connectivity index (χ4v) is 4.56. The van der Waals surface area contributed by atoms with E-state index in [0.29, 0.717) is 5.69 Å². The quantitative estimate of drug-likeness (QED) is 0.264. The third kappa shape index (κ3) is 7.03. The number of hydrogen-bond acceptors (Lipinski definition) is 7. The average molecular weight is 486 g/mol. The lowest BCUT2D eigenvalue weighted by molar-refractivity contribution is -0.387. The predicted octanol–water partition coefficient (Wildman–Crippen LogP) is 2.16. The fraction of sp³-hybridized carbons (Fsp3) is 0.348. The number of nitro groups is 1. The van der Waals surface area contributed by atoms with Crippen LogP contribution >= 0.6 is 11.8 Å². The minimum atomic E-state index is -0.756. The van der Waals surface area contributed by atoms with Gasteiger partial charge >= 0.3 is 0 Å². The number of nitrogens with two attached hydrogens (primary N) is 2. The van der Waals surface area contributed by atoms with E-state index < -0.39 is 10.8 Å². The van der Waals surface area contributed by atoms with E-state index in [-0.39, 0.29) is 39.6 Å². The molecule has 3 amide bonds. The van der Waals surface area contributed by atoms with Crippen LogP contribution in [0.5, 0.6) is 0 Å². The number of thioether (sulfide) groups is 1. The molecule has 0 aromatic heterocycles. The minimum absolute atomic E-state index is 0.0158. The number of primary amides is 2. The van der Waals surface area contributed by atoms with Crippen LogP contribution in [-0.2, 0) is 16.0 Å². The second-order valence-electron chi connectivity index (χ2n) is 8.11. The van der Waals surface area contributed by atoms with E-state index in [2.05, 4.69) is 10.2 Å². The molecule has 0 spiro atoms. The number of piperidine rings is 1. The highest BCUT2D eigenvalue weighted by atomic mass is 32.2. The number of hydrogen-bond donors (Lipinski definition) is 3. The molecular weight excluding hydrogens is 458 g/mol. The highest BCUT2D eigenvalue weighted by molar-refractivity contribution is 8.00. The Kier molecular flexibility index (Phi) is 8.61. The summed E-state index contributed by atoms with van der Waals surface area (Å²) in [6.07, 6.45) is 2.46. The second-order valence-corrected chi connectivity index (χ2v) is 9.12. The third-order valence-corrected chi connectivity index (χ3v) is 6.81. The summed E-state index contributed by atoms with van der Waals surface area (Å²) in [6, 6.07) is 11.5. The highest BCUT2D eigenvalue weighted by Crippen LogP contribution is 2.30. The van der Waals surface area contributed by atoms with E-state index in [1.165, 1.54) is 12.1 Å². The Morgan fingerprint density at radius 3 is 2.35 bits per heavy atom. The normalized spacial score (nSPS) is 14.5. The number of benzene rings is 2. The predicted molar refractivity (Wildman–Crippen MR) is 129 cm³/mol. The van der Waals surface area contributed by atoms with Gasteiger partial charge < -0.3 is 21.7 Å². The zero-order valence-electron chi connectivity index (χ0n) is 18.6. The van der Waals surface area contributed by atoms with Crippen molar-refractivity contribution < 1.29 is 19.3 Å². The van der Waals surface area contributed by atoms with Crippen LogP contribution in [0.25, 0.3) is 0 Å². The molecule has 1 heterocycles. The first kappa shape index (κ1) is 25.2. The van der Waals surface area contributed by atoms with Gasteiger partial charge in [-0.2, -0.15) is 0 Å². The number of anilines is 1. The lowest BCUT2D eigenvalue weighted by Gasteiger charge is -2.30. The summed E-state index contributed by atoms with van der Waals surface area (Å²) in [5.41, 5.74) is 12.1. The number of likely N-dealkylation sites (tertiary alicyclic amines) is 1. The van der Waals surface area contributed by atoms with Crippen molar-refractivity contribution in [3.63, 3.8) is 0 Å². The Morgan fingerprint density at radius 2 is 1.76 bits per heavy atom. The largest absolute Gasteiger partial charge is 0.369 e. The zero-order valence-corrected chi connectivity index (χ0v) is 19.4. The first-order valence-corrected chi connectivity index (χ1v) is 11.8. The van der Waals surface area contributed by atoms with Gasteiger partial charge in [0.15, 0.2) is 0 Å². The molecule has 180 valence electrons. The van der Waals surface area contributed by atoms with Gasteiger partial charge in [0.05, 0.1) is 15.6 Å². The van der Waals surface area contributed by atoms with Gasteiger partial charge in [0.25, 0.3) is 5.69 Å². The van der Waals surface area contributed by atoms with Gasteiger partial charge in [-0.25, -0.2) is 0 Å². The first-order chi connectivity index (χ1) is 16.2. The van der Waals surface area contributed by atoms with Gasteiger partial charge in [0.1, 0.15) is 0 Å². The molecule has 2 aromatic rings. The van der Waals surface area contributed by atoms with Crippen molar-refractivity contribution >= 4 is 40.9 Å². The van der Waals surface area contributed by atoms with Crippen LogP contribution in [0.2, 0.25) is 0 Å². The van der Waals surface area contributed by atoms with Crippen molar-refractivity contribution in [2.75, 3.05) is 30.7 Å². The summed E-state index contributed by atoms with van der Waals surface area (Å²) in [5, 5.41) is 14.1. The second kappa shape index (κ2) is 11.6. The summed E-state index contributed by atoms with van der Waals surface area (Å²) in [7, 11) is 0. The van der Waals surface area contributed by atoms with Crippen LogP contribution in [0.1, 0.15) is 28.8 Å². The topological polar surface area (TPSA) is 162 Å². The number of amides is 3. The molecule has 0 bridgehead atoms. The summed E-state index contributed by atoms with van der Waals surface area (Å²) < 4.78 is 0. The molecule has 1 fully saturated rings. The van der Waals surface area contributed by atoms with Gasteiger partial charge in [0, 0.05) is 29.8 Å². The molecule has 0 unspecified atom stereocenters. The van der Waals surface area contributed by atoms with E-state index in [0.717, 1.165) is 62.3 Å². The van der Waals surface area contributed by atoms with Crippen LogP contribution in [0, 0.1) is 16.0 Å². The summed E-state index contributed by atoms with van der Waals surface area (Å²) >= 11 is 1.01. The van der Waals surface area contributed by atoms with Gasteiger partial charge in [-0.1, -0.05) is 12.1 Å². The molecular formula is C23H27N5O5S. The molecule has 2 aromatic carbocycles. The molecule has 34 heavy (non-hydrogen) atoms. The van der Waals surface area contributed by atoms with Crippen molar-refractivity contribution in [2.24, 2.45) is 17.4 Å². The molecule has 3 rings (SSSR count). The number of nitro benzene ring substituents is 1. The molecule has 10 nitrogen and oxygen atoms in total. The monoisotopic (exact) mass is 485 g/mol. The Labute approximate surface area is 201 Å². The SMILES string of the molecule is NC(=O)c1ccc(SCC(=O)Nc2ccc(CCN3CCC(C(N)=O)CC3)cc2)c([N+](=O)[O-])c1. The van der Waals surface area contributed by atoms with Crippen LogP contribution in [0.3, 0.4) is 0 Å². The van der Waals surface area contributed by atoms with Gasteiger partial charge in [-0.15, -0.1) is 11.8 Å². The summed E-state index contributed by atoms with van der Waals surface area (Å²) in [5.74, 6) is -1.32. The van der Waals surface area contributed by atoms with E-state index in [1.807, 2.05) is 24.3 Å². The van der Waals surface area contributed by atoms with Crippen LogP contribution in [0.15, 0.2) is 47.4 Å². The Morgan fingerprint density at radius 1 is 1.09 bits per heavy atom. The standard InChI is InChI=1S/C23H27N5O5S/c24-22(30)16-8-11-27(12-9-16)10-7-15-1-4-18(5-2-15)26-21(29)14-34-20-6-3-17(23(25)31)13-19(20)28(32)33/h1-6,13,16H,7-12,14H2,(H2,24,30)(H2,25,31)(H,26,29). The number of nitrogens with zero attached hydrogens (tertiary/aromatic N) is 2. The van der Waals surface area contributed by atoms with Crippen molar-refractivity contribution in [1.82, 2.24) is 4.90 Å². The lowest BCUT2D eigenvalue weighted by Crippen LogP contribution is -2.39. The van der Waals surface area contributed by atoms with Gasteiger partial charge in [0.2, 0.25) is 17.7 Å². The number of rotatable bonds is 10. The molecule has 1 aliphatic rings. The maximum absolute atomic E-state index is 12.3. The molecule has 0 atom stereocenters. The van der Waals surface area contributed by atoms with Crippen LogP contribution < -0.4 is 16.8 Å². The highest BCUT2D eigenvalue weighted by Gasteiger charge is 2.22. The van der Waals surface area contributed by atoms with Crippen molar-refractivity contribution in [2.45, 2.75) is 24.2 Å². The number of nitrogens with one attached hydrogen (secondary N) is 1. The van der Waals surface area contributed by atoms with E-state index in [9.17, 15) is 24.5 Å².